The highest BCUT2D eigenvalue weighted by atomic mass is 35.5. The molecule has 2 heterocycles. The van der Waals surface area contributed by atoms with Gasteiger partial charge >= 0.3 is 5.97 Å². The minimum absolute atomic E-state index is 0.132. The Hall–Kier alpha value is -2.05. The molecule has 0 N–H and O–H groups in total. The van der Waals surface area contributed by atoms with E-state index in [1.54, 1.807) is 6.20 Å². The van der Waals surface area contributed by atoms with E-state index in [-0.39, 0.29) is 21.8 Å². The third kappa shape index (κ3) is 4.15. The van der Waals surface area contributed by atoms with Gasteiger partial charge in [-0.2, -0.15) is 5.10 Å². The van der Waals surface area contributed by atoms with Gasteiger partial charge in [0, 0.05) is 10.8 Å². The summed E-state index contributed by atoms with van der Waals surface area (Å²) >= 11 is 7.84. The largest absolute Gasteiger partial charge is 0.451 e. The maximum Gasteiger partial charge on any atom is 0.336 e. The third-order valence-corrected chi connectivity index (χ3v) is 7.82. The first-order chi connectivity index (χ1) is 15.1. The molecule has 2 aromatic rings. The highest BCUT2D eigenvalue weighted by Gasteiger charge is 2.49. The molecule has 170 valence electrons. The van der Waals surface area contributed by atoms with Crippen molar-refractivity contribution in [1.82, 2.24) is 9.78 Å². The fraction of sp³-hybridized carbons (Fsp3) is 0.480. The fourth-order valence-electron chi connectivity index (χ4n) is 4.73. The summed E-state index contributed by atoms with van der Waals surface area (Å²) in [6.45, 7) is 7.68. The monoisotopic (exact) mass is 472 g/mol. The van der Waals surface area contributed by atoms with Gasteiger partial charge in [-0.15, -0.1) is 11.8 Å². The number of hydrogen-bond donors (Lipinski definition) is 0. The van der Waals surface area contributed by atoms with Crippen LogP contribution in [0, 0.1) is 0 Å². The summed E-state index contributed by atoms with van der Waals surface area (Å²) in [6, 6.07) is 10.0. The Morgan fingerprint density at radius 2 is 1.78 bits per heavy atom. The molecule has 1 saturated carbocycles. The van der Waals surface area contributed by atoms with Crippen LogP contribution in [0.25, 0.3) is 5.57 Å². The highest BCUT2D eigenvalue weighted by Crippen LogP contribution is 2.51. The second-order valence-electron chi connectivity index (χ2n) is 9.57. The van der Waals surface area contributed by atoms with Gasteiger partial charge in [0.2, 0.25) is 0 Å². The van der Waals surface area contributed by atoms with Gasteiger partial charge in [0.1, 0.15) is 10.6 Å². The van der Waals surface area contributed by atoms with Crippen LogP contribution in [0.5, 0.6) is 0 Å². The number of thioether (sulfide) groups is 1. The number of halogens is 1. The van der Waals surface area contributed by atoms with Crippen molar-refractivity contribution in [2.75, 3.05) is 0 Å². The zero-order chi connectivity index (χ0) is 23.1. The molecule has 1 aromatic carbocycles. The van der Waals surface area contributed by atoms with Gasteiger partial charge in [0.25, 0.3) is 5.56 Å². The smallest absolute Gasteiger partial charge is 0.336 e. The van der Waals surface area contributed by atoms with Gasteiger partial charge in [-0.25, -0.2) is 9.48 Å². The number of carbonyl (C=O) groups excluding carboxylic acids is 1. The van der Waals surface area contributed by atoms with E-state index in [1.807, 2.05) is 58.0 Å². The van der Waals surface area contributed by atoms with Crippen LogP contribution in [0.2, 0.25) is 5.02 Å². The summed E-state index contributed by atoms with van der Waals surface area (Å²) in [5.41, 5.74) is 1.33. The van der Waals surface area contributed by atoms with Gasteiger partial charge in [-0.1, -0.05) is 48.4 Å². The van der Waals surface area contributed by atoms with Gasteiger partial charge in [-0.05, 0) is 58.9 Å². The molecule has 0 saturated heterocycles. The summed E-state index contributed by atoms with van der Waals surface area (Å²) in [5.74, 6) is -0.266. The van der Waals surface area contributed by atoms with Gasteiger partial charge in [-0.3, -0.25) is 4.79 Å². The van der Waals surface area contributed by atoms with E-state index in [4.69, 9.17) is 16.3 Å². The normalized spacial score (nSPS) is 19.3. The molecular formula is C25H29ClN2O3S. The SMILES string of the molecule is CC(Sc1cnn(C(C)(C)C)c(=O)c1Cl)C1=C(c2ccccc2)C2(CCCCC2)OC1=O. The lowest BCUT2D eigenvalue weighted by Gasteiger charge is -2.35. The molecule has 1 aliphatic carbocycles. The van der Waals surface area contributed by atoms with Crippen LogP contribution in [-0.2, 0) is 15.1 Å². The van der Waals surface area contributed by atoms with Crippen LogP contribution in [0.3, 0.4) is 0 Å². The summed E-state index contributed by atoms with van der Waals surface area (Å²) in [4.78, 5) is 26.5. The van der Waals surface area contributed by atoms with Crippen molar-refractivity contribution in [3.63, 3.8) is 0 Å². The number of esters is 1. The molecule has 0 amide bonds. The van der Waals surface area contributed by atoms with Crippen molar-refractivity contribution in [3.8, 4) is 0 Å². The van der Waals surface area contributed by atoms with E-state index in [1.165, 1.54) is 16.4 Å². The Balaban J connectivity index is 1.76. The maximum absolute atomic E-state index is 13.2. The van der Waals surface area contributed by atoms with Gasteiger partial charge in [0.05, 0.1) is 22.2 Å². The maximum atomic E-state index is 13.2. The molecule has 1 fully saturated rings. The second-order valence-corrected chi connectivity index (χ2v) is 11.3. The third-order valence-electron chi connectivity index (χ3n) is 6.19. The molecule has 1 spiro atoms. The molecule has 1 aliphatic heterocycles. The van der Waals surface area contributed by atoms with Gasteiger partial charge in [0.15, 0.2) is 0 Å². The van der Waals surface area contributed by atoms with E-state index < -0.39 is 11.1 Å². The first-order valence-electron chi connectivity index (χ1n) is 11.1. The quantitative estimate of drug-likeness (QED) is 0.413. The number of ether oxygens (including phenoxy) is 1. The minimum Gasteiger partial charge on any atom is -0.451 e. The van der Waals surface area contributed by atoms with E-state index in [2.05, 4.69) is 5.10 Å². The number of hydrogen-bond acceptors (Lipinski definition) is 5. The number of rotatable bonds is 4. The van der Waals surface area contributed by atoms with Crippen LogP contribution < -0.4 is 5.56 Å². The molecule has 2 aliphatic rings. The zero-order valence-corrected chi connectivity index (χ0v) is 20.6. The average molecular weight is 473 g/mol. The molecule has 4 rings (SSSR count). The predicted octanol–water partition coefficient (Wildman–Crippen LogP) is 5.85. The van der Waals surface area contributed by atoms with Crippen LogP contribution in [0.1, 0.15) is 65.4 Å². The topological polar surface area (TPSA) is 61.2 Å². The van der Waals surface area contributed by atoms with E-state index in [0.29, 0.717) is 10.5 Å². The lowest BCUT2D eigenvalue weighted by Crippen LogP contribution is -2.36. The molecule has 1 aromatic heterocycles. The molecule has 5 nitrogen and oxygen atoms in total. The Kier molecular flexibility index (Phi) is 6.29. The Morgan fingerprint density at radius 3 is 2.41 bits per heavy atom. The molecule has 7 heteroatoms. The fourth-order valence-corrected chi connectivity index (χ4v) is 6.00. The van der Waals surface area contributed by atoms with Crippen molar-refractivity contribution < 1.29 is 9.53 Å². The van der Waals surface area contributed by atoms with Crippen molar-refractivity contribution >= 4 is 34.9 Å². The second kappa shape index (κ2) is 8.71. The van der Waals surface area contributed by atoms with Crippen LogP contribution >= 0.6 is 23.4 Å². The molecular weight excluding hydrogens is 444 g/mol. The first kappa shape index (κ1) is 23.1. The number of nitrogens with zero attached hydrogens (tertiary/aromatic N) is 2. The van der Waals surface area contributed by atoms with E-state index >= 15 is 0 Å². The molecule has 0 radical (unpaired) electrons. The Morgan fingerprint density at radius 1 is 1.12 bits per heavy atom. The van der Waals surface area contributed by atoms with Crippen LogP contribution in [0.4, 0.5) is 0 Å². The summed E-state index contributed by atoms with van der Waals surface area (Å²) in [5, 5.41) is 4.22. The standard InChI is InChI=1S/C25H29ClN2O3S/c1-16(32-18-15-27-28(24(2,3)4)22(29)21(18)26)19-20(17-11-7-5-8-12-17)25(31-23(19)30)13-9-6-10-14-25/h5,7-8,11-12,15-16H,6,9-10,13-14H2,1-4H3. The Bertz CT molecular complexity index is 1110. The zero-order valence-electron chi connectivity index (χ0n) is 19.0. The first-order valence-corrected chi connectivity index (χ1v) is 12.4. The molecule has 0 bridgehead atoms. The summed E-state index contributed by atoms with van der Waals surface area (Å²) in [7, 11) is 0. The number of aromatic nitrogens is 2. The lowest BCUT2D eigenvalue weighted by molar-refractivity contribution is -0.148. The minimum atomic E-state index is -0.557. The van der Waals surface area contributed by atoms with E-state index in [0.717, 1.165) is 43.2 Å². The average Bonchev–Trinajstić information content (AvgIpc) is 3.02. The van der Waals surface area contributed by atoms with Crippen molar-refractivity contribution in [2.24, 2.45) is 0 Å². The lowest BCUT2D eigenvalue weighted by atomic mass is 9.76. The van der Waals surface area contributed by atoms with Crippen LogP contribution in [0.15, 0.2) is 51.8 Å². The molecule has 1 unspecified atom stereocenters. The van der Waals surface area contributed by atoms with E-state index in [9.17, 15) is 9.59 Å². The predicted molar refractivity (Wildman–Crippen MR) is 129 cm³/mol. The molecule has 1 atom stereocenters. The number of benzene rings is 1. The summed E-state index contributed by atoms with van der Waals surface area (Å²) < 4.78 is 7.49. The highest BCUT2D eigenvalue weighted by molar-refractivity contribution is 8.00. The van der Waals surface area contributed by atoms with Crippen molar-refractivity contribution in [2.45, 2.75) is 81.1 Å². The number of carbonyl (C=O) groups is 1. The Labute approximate surface area is 198 Å². The van der Waals surface area contributed by atoms with Gasteiger partial charge < -0.3 is 4.74 Å². The van der Waals surface area contributed by atoms with Crippen molar-refractivity contribution in [1.29, 1.82) is 0 Å². The summed E-state index contributed by atoms with van der Waals surface area (Å²) in [6.07, 6.45) is 6.54. The van der Waals surface area contributed by atoms with Crippen molar-refractivity contribution in [3.05, 3.63) is 63.0 Å². The van der Waals surface area contributed by atoms with Crippen LogP contribution in [-0.4, -0.2) is 26.6 Å². The molecule has 32 heavy (non-hydrogen) atoms.